The maximum absolute atomic E-state index is 13.0. The van der Waals surface area contributed by atoms with Crippen molar-refractivity contribution in [2.24, 2.45) is 11.5 Å². The van der Waals surface area contributed by atoms with E-state index in [4.69, 9.17) is 20.9 Å². The molecule has 0 saturated heterocycles. The molecule has 2 atom stereocenters. The van der Waals surface area contributed by atoms with Crippen LogP contribution in [0.1, 0.15) is 117 Å². The lowest BCUT2D eigenvalue weighted by atomic mass is 10.0. The summed E-state index contributed by atoms with van der Waals surface area (Å²) in [7, 11) is 0. The number of ether oxygens (including phenoxy) is 2. The summed E-state index contributed by atoms with van der Waals surface area (Å²) in [6, 6.07) is 0. The maximum Gasteiger partial charge on any atom is 0.306 e. The van der Waals surface area contributed by atoms with Gasteiger partial charge in [-0.05, 0) is 51.6 Å². The topological polar surface area (TPSA) is 151 Å². The molecule has 36 heavy (non-hydrogen) atoms. The molecule has 0 aromatic carbocycles. The van der Waals surface area contributed by atoms with Gasteiger partial charge >= 0.3 is 11.9 Å². The highest BCUT2D eigenvalue weighted by Crippen LogP contribution is 2.16. The predicted molar refractivity (Wildman–Crippen MR) is 141 cm³/mol. The quantitative estimate of drug-likeness (QED) is 0.131. The van der Waals surface area contributed by atoms with Gasteiger partial charge in [0.1, 0.15) is 0 Å². The Morgan fingerprint density at radius 2 is 1.08 bits per heavy atom. The van der Waals surface area contributed by atoms with Gasteiger partial charge in [-0.2, -0.15) is 0 Å². The van der Waals surface area contributed by atoms with Crippen LogP contribution in [0.5, 0.6) is 0 Å². The number of carbonyl (C=O) groups excluding carboxylic acids is 4. The van der Waals surface area contributed by atoms with Gasteiger partial charge in [-0.15, -0.1) is 0 Å². The van der Waals surface area contributed by atoms with Gasteiger partial charge in [0.2, 0.25) is 12.2 Å². The molecule has 5 N–H and O–H groups in total. The van der Waals surface area contributed by atoms with Gasteiger partial charge in [0.15, 0.2) is 5.78 Å². The highest BCUT2D eigenvalue weighted by Gasteiger charge is 2.39. The second-order valence-corrected chi connectivity index (χ2v) is 9.29. The van der Waals surface area contributed by atoms with Crippen LogP contribution >= 0.6 is 0 Å². The highest BCUT2D eigenvalue weighted by molar-refractivity contribution is 5.94. The molecular formula is C27H51N3O6. The molecule has 0 saturated carbocycles. The van der Waals surface area contributed by atoms with E-state index in [-0.39, 0.29) is 19.3 Å². The molecule has 0 rings (SSSR count). The molecule has 0 radical (unpaired) electrons. The van der Waals surface area contributed by atoms with Gasteiger partial charge in [-0.3, -0.25) is 19.2 Å². The van der Waals surface area contributed by atoms with Crippen molar-refractivity contribution < 1.29 is 28.7 Å². The third kappa shape index (κ3) is 17.4. The molecule has 0 unspecified atom stereocenters. The molecule has 0 aliphatic heterocycles. The van der Waals surface area contributed by atoms with Gasteiger partial charge < -0.3 is 26.3 Å². The molecule has 0 spiro atoms. The lowest BCUT2D eigenvalue weighted by Gasteiger charge is -2.25. The van der Waals surface area contributed by atoms with Crippen LogP contribution in [0, 0.1) is 0 Å². The summed E-state index contributed by atoms with van der Waals surface area (Å²) < 4.78 is 11.0. The average molecular weight is 514 g/mol. The number of Topliss-reactive ketones (excluding diaryl/α,β-unsaturated/α-hetero) is 1. The standard InChI is InChI=1S/C27H51N3O6/c1-3-5-16-22(31)25(35-23(32)17-12-8-6-10-14-19-28)26(27(34)30-21-4-2)36-24(33)18-13-9-7-11-15-20-29/h25-26H,3-21,28-29H2,1-2H3,(H,30,34)/t25-,26+/m0/s1. The van der Waals surface area contributed by atoms with Crippen LogP contribution in [0.15, 0.2) is 0 Å². The van der Waals surface area contributed by atoms with Crippen molar-refractivity contribution in [3.63, 3.8) is 0 Å². The summed E-state index contributed by atoms with van der Waals surface area (Å²) in [6.07, 6.45) is 8.30. The molecule has 0 aliphatic rings. The van der Waals surface area contributed by atoms with E-state index in [1.54, 1.807) is 0 Å². The van der Waals surface area contributed by atoms with E-state index in [9.17, 15) is 19.2 Å². The Morgan fingerprint density at radius 1 is 0.611 bits per heavy atom. The molecule has 9 heteroatoms. The number of ketones is 1. The lowest BCUT2D eigenvalue weighted by molar-refractivity contribution is -0.176. The first-order chi connectivity index (χ1) is 17.4. The first-order valence-electron chi connectivity index (χ1n) is 14.0. The molecule has 0 aromatic rings. The first kappa shape index (κ1) is 34.0. The number of hydrogen-bond donors (Lipinski definition) is 3. The average Bonchev–Trinajstić information content (AvgIpc) is 2.87. The number of amides is 1. The number of esters is 2. The van der Waals surface area contributed by atoms with E-state index in [1.807, 2.05) is 13.8 Å². The van der Waals surface area contributed by atoms with Crippen LogP contribution in [-0.4, -0.2) is 55.5 Å². The second kappa shape index (κ2) is 23.4. The van der Waals surface area contributed by atoms with Gasteiger partial charge in [0.25, 0.3) is 5.91 Å². The smallest absolute Gasteiger partial charge is 0.306 e. The van der Waals surface area contributed by atoms with E-state index < -0.39 is 35.8 Å². The summed E-state index contributed by atoms with van der Waals surface area (Å²) in [5, 5.41) is 2.68. The summed E-state index contributed by atoms with van der Waals surface area (Å²) in [5.41, 5.74) is 11.0. The first-order valence-corrected chi connectivity index (χ1v) is 14.0. The Balaban J connectivity index is 5.22. The van der Waals surface area contributed by atoms with Crippen LogP contribution in [-0.2, 0) is 28.7 Å². The Hall–Kier alpha value is -2.00. The lowest BCUT2D eigenvalue weighted by Crippen LogP contribution is -2.50. The summed E-state index contributed by atoms with van der Waals surface area (Å²) in [4.78, 5) is 51.0. The van der Waals surface area contributed by atoms with Crippen molar-refractivity contribution >= 4 is 23.6 Å². The number of nitrogens with one attached hydrogen (secondary N) is 1. The van der Waals surface area contributed by atoms with Crippen LogP contribution < -0.4 is 16.8 Å². The molecule has 210 valence electrons. The minimum atomic E-state index is -1.49. The molecule has 0 heterocycles. The van der Waals surface area contributed by atoms with Crippen molar-refractivity contribution in [3.8, 4) is 0 Å². The van der Waals surface area contributed by atoms with Gasteiger partial charge in [-0.1, -0.05) is 58.8 Å². The Kier molecular flexibility index (Phi) is 22.1. The van der Waals surface area contributed by atoms with Crippen molar-refractivity contribution in [1.82, 2.24) is 5.32 Å². The molecule has 0 fully saturated rings. The zero-order valence-corrected chi connectivity index (χ0v) is 22.7. The predicted octanol–water partition coefficient (Wildman–Crippen LogP) is 3.69. The molecule has 0 aliphatic carbocycles. The van der Waals surface area contributed by atoms with E-state index in [2.05, 4.69) is 5.32 Å². The normalized spacial score (nSPS) is 12.6. The van der Waals surface area contributed by atoms with Crippen LogP contribution in [0.25, 0.3) is 0 Å². The van der Waals surface area contributed by atoms with Crippen LogP contribution in [0.4, 0.5) is 0 Å². The number of unbranched alkanes of at least 4 members (excludes halogenated alkanes) is 9. The summed E-state index contributed by atoms with van der Waals surface area (Å²) in [5.74, 6) is -2.15. The Morgan fingerprint density at radius 3 is 1.56 bits per heavy atom. The fourth-order valence-electron chi connectivity index (χ4n) is 3.68. The van der Waals surface area contributed by atoms with Crippen molar-refractivity contribution in [1.29, 1.82) is 0 Å². The SMILES string of the molecule is CCCCC(=O)[C@H](OC(=O)CCCCCCCN)[C@@H](OC(=O)CCCCCCCN)C(=O)NCCC. The third-order valence-electron chi connectivity index (χ3n) is 5.86. The van der Waals surface area contributed by atoms with Crippen molar-refractivity contribution in [2.75, 3.05) is 19.6 Å². The molecule has 0 aromatic heterocycles. The van der Waals surface area contributed by atoms with Crippen molar-refractivity contribution in [3.05, 3.63) is 0 Å². The minimum absolute atomic E-state index is 0.132. The fraction of sp³-hybridized carbons (Fsp3) is 0.852. The maximum atomic E-state index is 13.0. The zero-order chi connectivity index (χ0) is 27.0. The monoisotopic (exact) mass is 513 g/mol. The Bertz CT molecular complexity index is 562. The largest absolute Gasteiger partial charge is 0.450 e. The van der Waals surface area contributed by atoms with Crippen LogP contribution in [0.2, 0.25) is 0 Å². The van der Waals surface area contributed by atoms with Gasteiger partial charge in [-0.25, -0.2) is 0 Å². The number of rotatable bonds is 24. The molecule has 1 amide bonds. The summed E-state index contributed by atoms with van der Waals surface area (Å²) >= 11 is 0. The number of nitrogens with two attached hydrogens (primary N) is 2. The highest BCUT2D eigenvalue weighted by atomic mass is 16.6. The Labute approximate surface area is 217 Å². The number of hydrogen-bond acceptors (Lipinski definition) is 8. The minimum Gasteiger partial charge on any atom is -0.450 e. The number of carbonyl (C=O) groups is 4. The van der Waals surface area contributed by atoms with E-state index in [1.165, 1.54) is 0 Å². The van der Waals surface area contributed by atoms with Gasteiger partial charge in [0.05, 0.1) is 0 Å². The van der Waals surface area contributed by atoms with Gasteiger partial charge in [0, 0.05) is 25.8 Å². The summed E-state index contributed by atoms with van der Waals surface area (Å²) in [6.45, 7) is 5.50. The zero-order valence-electron chi connectivity index (χ0n) is 22.7. The molecule has 0 bridgehead atoms. The molecule has 9 nitrogen and oxygen atoms in total. The second-order valence-electron chi connectivity index (χ2n) is 9.29. The fourth-order valence-corrected chi connectivity index (χ4v) is 3.68. The molecular weight excluding hydrogens is 462 g/mol. The third-order valence-corrected chi connectivity index (χ3v) is 5.86. The van der Waals surface area contributed by atoms with E-state index >= 15 is 0 Å². The van der Waals surface area contributed by atoms with E-state index in [0.29, 0.717) is 45.3 Å². The van der Waals surface area contributed by atoms with Crippen molar-refractivity contribution in [2.45, 2.75) is 129 Å². The van der Waals surface area contributed by atoms with E-state index in [0.717, 1.165) is 57.8 Å². The van der Waals surface area contributed by atoms with Crippen LogP contribution in [0.3, 0.4) is 0 Å².